The van der Waals surface area contributed by atoms with Gasteiger partial charge in [-0.1, -0.05) is 46.4 Å². The van der Waals surface area contributed by atoms with Gasteiger partial charge in [-0.25, -0.2) is 9.78 Å². The SMILES string of the molecule is O=C(O)c1ccc2nc3n(c2c1)C(=O)c1c(Cl)c(Cl)c(Cl)c(Cl)c1-3. The number of nitrogens with zero attached hydrogens (tertiary/aromatic N) is 2. The normalized spacial score (nSPS) is 12.6. The maximum atomic E-state index is 12.8. The number of fused-ring (bicyclic) bond motifs is 5. The molecule has 5 nitrogen and oxygen atoms in total. The maximum absolute atomic E-state index is 12.8. The molecule has 0 saturated carbocycles. The first-order valence-electron chi connectivity index (χ1n) is 6.49. The number of aromatic carboxylic acids is 1. The Balaban J connectivity index is 2.13. The molecule has 2 aromatic carbocycles. The zero-order valence-corrected chi connectivity index (χ0v) is 14.4. The lowest BCUT2D eigenvalue weighted by Gasteiger charge is -2.08. The smallest absolute Gasteiger partial charge is 0.335 e. The second-order valence-electron chi connectivity index (χ2n) is 5.09. The molecule has 0 radical (unpaired) electrons. The van der Waals surface area contributed by atoms with Gasteiger partial charge in [-0.15, -0.1) is 0 Å². The fourth-order valence-corrected chi connectivity index (χ4v) is 3.75. The quantitative estimate of drug-likeness (QED) is 0.359. The minimum atomic E-state index is -1.11. The molecular weight excluding hydrogens is 398 g/mol. The Morgan fingerprint density at radius 3 is 2.25 bits per heavy atom. The second-order valence-corrected chi connectivity index (χ2v) is 6.60. The highest BCUT2D eigenvalue weighted by atomic mass is 35.5. The van der Waals surface area contributed by atoms with Gasteiger partial charge < -0.3 is 5.11 Å². The number of hydrogen-bond donors (Lipinski definition) is 1. The third-order valence-electron chi connectivity index (χ3n) is 3.81. The van der Waals surface area contributed by atoms with Gasteiger partial charge in [-0.2, -0.15) is 0 Å². The zero-order valence-electron chi connectivity index (χ0n) is 11.4. The summed E-state index contributed by atoms with van der Waals surface area (Å²) in [5.74, 6) is -1.36. The topological polar surface area (TPSA) is 72.2 Å². The molecular formula is C15H4Cl4N2O3. The van der Waals surface area contributed by atoms with Crippen LogP contribution in [0, 0.1) is 0 Å². The molecule has 2 heterocycles. The van der Waals surface area contributed by atoms with Crippen LogP contribution in [0.15, 0.2) is 18.2 Å². The molecule has 1 N–H and O–H groups in total. The van der Waals surface area contributed by atoms with Gasteiger partial charge in [0.2, 0.25) is 0 Å². The molecule has 24 heavy (non-hydrogen) atoms. The van der Waals surface area contributed by atoms with Crippen LogP contribution in [-0.2, 0) is 0 Å². The van der Waals surface area contributed by atoms with E-state index in [-0.39, 0.29) is 42.6 Å². The summed E-state index contributed by atoms with van der Waals surface area (Å²) >= 11 is 24.5. The summed E-state index contributed by atoms with van der Waals surface area (Å²) in [6.07, 6.45) is 0. The Kier molecular flexibility index (Phi) is 3.34. The van der Waals surface area contributed by atoms with Crippen molar-refractivity contribution in [2.75, 3.05) is 0 Å². The molecule has 0 unspecified atom stereocenters. The first-order chi connectivity index (χ1) is 11.3. The van der Waals surface area contributed by atoms with Crippen molar-refractivity contribution in [3.8, 4) is 11.4 Å². The third-order valence-corrected chi connectivity index (χ3v) is 5.61. The molecule has 120 valence electrons. The van der Waals surface area contributed by atoms with Crippen molar-refractivity contribution < 1.29 is 14.7 Å². The van der Waals surface area contributed by atoms with E-state index in [0.29, 0.717) is 11.0 Å². The lowest BCUT2D eigenvalue weighted by atomic mass is 10.1. The van der Waals surface area contributed by atoms with Gasteiger partial charge in [0, 0.05) is 0 Å². The Hall–Kier alpha value is -1.79. The van der Waals surface area contributed by atoms with Gasteiger partial charge in [-0.05, 0) is 18.2 Å². The van der Waals surface area contributed by atoms with Crippen LogP contribution in [0.3, 0.4) is 0 Å². The fourth-order valence-electron chi connectivity index (χ4n) is 2.74. The number of benzene rings is 2. The van der Waals surface area contributed by atoms with Crippen molar-refractivity contribution in [1.82, 2.24) is 9.55 Å². The number of imidazole rings is 1. The molecule has 0 fully saturated rings. The standard InChI is InChI=1S/C15H4Cl4N2O3/c16-9-7-8(10(17)12(19)11(9)18)14(22)21-6-3-4(15(23)24)1-2-5(6)20-13(7)21/h1-3H,(H,23,24). The average Bonchev–Trinajstić information content (AvgIpc) is 3.05. The number of aromatic nitrogens is 2. The van der Waals surface area contributed by atoms with Crippen LogP contribution in [0.4, 0.5) is 0 Å². The van der Waals surface area contributed by atoms with Crippen LogP contribution < -0.4 is 0 Å². The van der Waals surface area contributed by atoms with Gasteiger partial charge in [0.25, 0.3) is 5.91 Å². The second kappa shape index (κ2) is 5.10. The minimum Gasteiger partial charge on any atom is -0.478 e. The van der Waals surface area contributed by atoms with Crippen molar-refractivity contribution in [3.63, 3.8) is 0 Å². The van der Waals surface area contributed by atoms with E-state index in [1.807, 2.05) is 0 Å². The number of carbonyl (C=O) groups is 2. The largest absolute Gasteiger partial charge is 0.478 e. The highest BCUT2D eigenvalue weighted by Gasteiger charge is 2.37. The van der Waals surface area contributed by atoms with Gasteiger partial charge in [-0.3, -0.25) is 9.36 Å². The van der Waals surface area contributed by atoms with Crippen LogP contribution in [0.2, 0.25) is 20.1 Å². The number of carboxylic acid groups (broad SMARTS) is 1. The number of carbonyl (C=O) groups excluding carboxylic acids is 1. The van der Waals surface area contributed by atoms with E-state index >= 15 is 0 Å². The summed E-state index contributed by atoms with van der Waals surface area (Å²) in [5.41, 5.74) is 1.20. The number of hydrogen-bond acceptors (Lipinski definition) is 3. The average molecular weight is 402 g/mol. The Bertz CT molecular complexity index is 1100. The van der Waals surface area contributed by atoms with E-state index in [4.69, 9.17) is 51.5 Å². The molecule has 0 spiro atoms. The van der Waals surface area contributed by atoms with Crippen LogP contribution in [0.25, 0.3) is 22.4 Å². The molecule has 0 amide bonds. The van der Waals surface area contributed by atoms with Crippen molar-refractivity contribution in [1.29, 1.82) is 0 Å². The summed E-state index contributed by atoms with van der Waals surface area (Å²) in [6, 6.07) is 4.29. The van der Waals surface area contributed by atoms with Crippen LogP contribution >= 0.6 is 46.4 Å². The molecule has 0 atom stereocenters. The van der Waals surface area contributed by atoms with Crippen molar-refractivity contribution in [2.24, 2.45) is 0 Å². The molecule has 0 saturated heterocycles. The Morgan fingerprint density at radius 2 is 1.62 bits per heavy atom. The van der Waals surface area contributed by atoms with Crippen LogP contribution in [0.1, 0.15) is 20.7 Å². The summed E-state index contributed by atoms with van der Waals surface area (Å²) in [5, 5.41) is 9.21. The summed E-state index contributed by atoms with van der Waals surface area (Å²) in [7, 11) is 0. The molecule has 3 aromatic rings. The van der Waals surface area contributed by atoms with E-state index in [2.05, 4.69) is 4.98 Å². The lowest BCUT2D eigenvalue weighted by molar-refractivity contribution is 0.0696. The van der Waals surface area contributed by atoms with E-state index in [1.165, 1.54) is 22.8 Å². The van der Waals surface area contributed by atoms with Gasteiger partial charge in [0.05, 0.1) is 47.8 Å². The first kappa shape index (κ1) is 15.7. The predicted octanol–water partition coefficient (Wildman–Crippen LogP) is 5.02. The monoisotopic (exact) mass is 400 g/mol. The molecule has 0 aliphatic carbocycles. The van der Waals surface area contributed by atoms with E-state index < -0.39 is 11.9 Å². The number of rotatable bonds is 1. The van der Waals surface area contributed by atoms with E-state index in [0.717, 1.165) is 0 Å². The van der Waals surface area contributed by atoms with Crippen molar-refractivity contribution in [2.45, 2.75) is 0 Å². The Morgan fingerprint density at radius 1 is 1.00 bits per heavy atom. The summed E-state index contributed by atoms with van der Waals surface area (Å²) < 4.78 is 1.26. The highest BCUT2D eigenvalue weighted by molar-refractivity contribution is 6.54. The fraction of sp³-hybridized carbons (Fsp3) is 0. The van der Waals surface area contributed by atoms with Crippen molar-refractivity contribution in [3.05, 3.63) is 49.4 Å². The molecule has 9 heteroatoms. The number of carboxylic acids is 1. The van der Waals surface area contributed by atoms with E-state index in [9.17, 15) is 9.59 Å². The first-order valence-corrected chi connectivity index (χ1v) is 8.01. The van der Waals surface area contributed by atoms with E-state index in [1.54, 1.807) is 0 Å². The molecule has 1 aromatic heterocycles. The van der Waals surface area contributed by atoms with Gasteiger partial charge in [0.15, 0.2) is 5.82 Å². The zero-order chi connectivity index (χ0) is 17.3. The summed E-state index contributed by atoms with van der Waals surface area (Å²) in [4.78, 5) is 28.3. The molecule has 0 bridgehead atoms. The number of halogens is 4. The Labute approximate surface area is 154 Å². The third kappa shape index (κ3) is 1.87. The predicted molar refractivity (Wildman–Crippen MR) is 91.9 cm³/mol. The van der Waals surface area contributed by atoms with Crippen LogP contribution in [0.5, 0.6) is 0 Å². The highest BCUT2D eigenvalue weighted by Crippen LogP contribution is 2.49. The maximum Gasteiger partial charge on any atom is 0.335 e. The molecule has 1 aliphatic heterocycles. The minimum absolute atomic E-state index is 0.0147. The van der Waals surface area contributed by atoms with Gasteiger partial charge in [0.1, 0.15) is 0 Å². The van der Waals surface area contributed by atoms with Crippen molar-refractivity contribution >= 4 is 69.3 Å². The lowest BCUT2D eigenvalue weighted by Crippen LogP contribution is -2.07. The van der Waals surface area contributed by atoms with Gasteiger partial charge >= 0.3 is 5.97 Å². The van der Waals surface area contributed by atoms with Crippen LogP contribution in [-0.4, -0.2) is 26.5 Å². The molecule has 1 aliphatic rings. The molecule has 4 rings (SSSR count). The summed E-state index contributed by atoms with van der Waals surface area (Å²) in [6.45, 7) is 0.